The van der Waals surface area contributed by atoms with Crippen LogP contribution in [0.25, 0.3) is 0 Å². The molecule has 7 nitrogen and oxygen atoms in total. The lowest BCUT2D eigenvalue weighted by molar-refractivity contribution is -0.116. The first kappa shape index (κ1) is 20.6. The number of nitrogens with zero attached hydrogens (tertiary/aromatic N) is 2. The van der Waals surface area contributed by atoms with Crippen LogP contribution in [0.15, 0.2) is 52.4 Å². The van der Waals surface area contributed by atoms with E-state index >= 15 is 0 Å². The molecule has 0 spiro atoms. The van der Waals surface area contributed by atoms with E-state index in [2.05, 4.69) is 34.6 Å². The van der Waals surface area contributed by atoms with Crippen molar-refractivity contribution in [1.82, 2.24) is 9.55 Å². The maximum atomic E-state index is 13.1. The number of amides is 1. The molecule has 1 unspecified atom stereocenters. The van der Waals surface area contributed by atoms with Crippen molar-refractivity contribution in [2.75, 3.05) is 18.5 Å². The number of ether oxygens (including phenoxy) is 2. The van der Waals surface area contributed by atoms with Crippen LogP contribution in [0, 0.1) is 6.92 Å². The second-order valence-electron chi connectivity index (χ2n) is 8.00. The Labute approximate surface area is 189 Å². The first-order chi connectivity index (χ1) is 15.5. The number of hydrogen-bond acceptors (Lipinski definition) is 6. The summed E-state index contributed by atoms with van der Waals surface area (Å²) >= 11 is 1.47. The third-order valence-corrected chi connectivity index (χ3v) is 6.86. The van der Waals surface area contributed by atoms with E-state index in [0.29, 0.717) is 47.0 Å². The predicted octanol–water partition coefficient (Wildman–Crippen LogP) is 3.63. The number of hydrogen-bond donors (Lipinski definition) is 1. The normalized spacial score (nSPS) is 16.9. The molecule has 8 heteroatoms. The maximum absolute atomic E-state index is 13.1. The minimum atomic E-state index is -0.392. The van der Waals surface area contributed by atoms with Crippen molar-refractivity contribution in [3.05, 3.63) is 75.1 Å². The summed E-state index contributed by atoms with van der Waals surface area (Å²) in [4.78, 5) is 30.1. The molecule has 3 aromatic rings. The summed E-state index contributed by atoms with van der Waals surface area (Å²) in [6.45, 7) is 3.03. The standard InChI is InChI=1S/C24H23N3O4S/c1-14-3-5-15(6-4-14)13-32-24-26-23(29)21-17(12-20(28)25-22(21)27(24)2)16-7-8-18-19(11-16)31-10-9-30-18/h3-8,11,17H,9-10,12-13H2,1-2H3,(H,25,28). The van der Waals surface area contributed by atoms with Gasteiger partial charge >= 0.3 is 0 Å². The Hall–Kier alpha value is -3.26. The van der Waals surface area contributed by atoms with Gasteiger partial charge in [0.25, 0.3) is 5.56 Å². The Kier molecular flexibility index (Phi) is 5.38. The average molecular weight is 450 g/mol. The summed E-state index contributed by atoms with van der Waals surface area (Å²) < 4.78 is 13.1. The molecule has 0 bridgehead atoms. The molecular weight excluding hydrogens is 426 g/mol. The summed E-state index contributed by atoms with van der Waals surface area (Å²) in [7, 11) is 1.83. The van der Waals surface area contributed by atoms with Crippen LogP contribution in [0.3, 0.4) is 0 Å². The van der Waals surface area contributed by atoms with Crippen LogP contribution in [0.4, 0.5) is 5.82 Å². The molecule has 1 atom stereocenters. The van der Waals surface area contributed by atoms with E-state index < -0.39 is 5.92 Å². The van der Waals surface area contributed by atoms with Crippen LogP contribution in [0.5, 0.6) is 11.5 Å². The molecule has 2 aliphatic heterocycles. The number of carbonyl (C=O) groups is 1. The van der Waals surface area contributed by atoms with Crippen LogP contribution < -0.4 is 20.3 Å². The van der Waals surface area contributed by atoms with Crippen molar-refractivity contribution in [2.24, 2.45) is 7.05 Å². The predicted molar refractivity (Wildman–Crippen MR) is 123 cm³/mol. The fourth-order valence-corrected chi connectivity index (χ4v) is 4.98. The van der Waals surface area contributed by atoms with Crippen LogP contribution in [0.2, 0.25) is 0 Å². The fourth-order valence-electron chi connectivity index (χ4n) is 4.06. The van der Waals surface area contributed by atoms with Crippen molar-refractivity contribution in [3.8, 4) is 11.5 Å². The zero-order chi connectivity index (χ0) is 22.2. The largest absolute Gasteiger partial charge is 0.486 e. The van der Waals surface area contributed by atoms with Crippen molar-refractivity contribution in [2.45, 2.75) is 30.2 Å². The molecule has 0 fully saturated rings. The lowest BCUT2D eigenvalue weighted by Crippen LogP contribution is -2.33. The van der Waals surface area contributed by atoms with Crippen LogP contribution in [-0.2, 0) is 17.6 Å². The molecule has 1 amide bonds. The van der Waals surface area contributed by atoms with E-state index in [4.69, 9.17) is 9.47 Å². The molecule has 0 radical (unpaired) electrons. The number of nitrogens with one attached hydrogen (secondary N) is 1. The van der Waals surface area contributed by atoms with E-state index in [0.717, 1.165) is 11.1 Å². The molecule has 0 saturated carbocycles. The van der Waals surface area contributed by atoms with Gasteiger partial charge in [-0.1, -0.05) is 47.7 Å². The van der Waals surface area contributed by atoms with E-state index in [1.54, 1.807) is 4.57 Å². The third kappa shape index (κ3) is 3.86. The van der Waals surface area contributed by atoms with Crippen LogP contribution >= 0.6 is 11.8 Å². The van der Waals surface area contributed by atoms with Crippen molar-refractivity contribution < 1.29 is 14.3 Å². The minimum Gasteiger partial charge on any atom is -0.486 e. The Morgan fingerprint density at radius 3 is 2.62 bits per heavy atom. The van der Waals surface area contributed by atoms with E-state index in [1.807, 2.05) is 32.2 Å². The number of aromatic nitrogens is 2. The first-order valence-corrected chi connectivity index (χ1v) is 11.5. The number of rotatable bonds is 4. The van der Waals surface area contributed by atoms with Gasteiger partial charge in [0.05, 0.1) is 5.56 Å². The molecule has 1 aromatic heterocycles. The number of anilines is 1. The van der Waals surface area contributed by atoms with Gasteiger partial charge in [0.2, 0.25) is 5.91 Å². The van der Waals surface area contributed by atoms with E-state index in [9.17, 15) is 9.59 Å². The number of benzene rings is 2. The summed E-state index contributed by atoms with van der Waals surface area (Å²) in [5.74, 6) is 1.97. The van der Waals surface area contributed by atoms with E-state index in [1.165, 1.54) is 17.3 Å². The van der Waals surface area contributed by atoms with Gasteiger partial charge in [0.1, 0.15) is 19.0 Å². The zero-order valence-corrected chi connectivity index (χ0v) is 18.7. The van der Waals surface area contributed by atoms with Gasteiger partial charge in [-0.25, -0.2) is 0 Å². The highest BCUT2D eigenvalue weighted by Gasteiger charge is 2.32. The molecule has 5 rings (SSSR count). The zero-order valence-electron chi connectivity index (χ0n) is 17.9. The van der Waals surface area contributed by atoms with Gasteiger partial charge in [-0.05, 0) is 30.2 Å². The smallest absolute Gasteiger partial charge is 0.279 e. The second-order valence-corrected chi connectivity index (χ2v) is 8.95. The maximum Gasteiger partial charge on any atom is 0.279 e. The molecular formula is C24H23N3O4S. The van der Waals surface area contributed by atoms with Gasteiger partial charge in [0, 0.05) is 25.1 Å². The highest BCUT2D eigenvalue weighted by atomic mass is 32.2. The van der Waals surface area contributed by atoms with Gasteiger partial charge in [-0.15, -0.1) is 0 Å². The van der Waals surface area contributed by atoms with Crippen molar-refractivity contribution >= 4 is 23.5 Å². The SMILES string of the molecule is Cc1ccc(CSc2nc(=O)c3c(n2C)NC(=O)CC3c2ccc3c(c2)OCCO3)cc1. The Bertz CT molecular complexity index is 1250. The monoisotopic (exact) mass is 449 g/mol. The number of carbonyl (C=O) groups excluding carboxylic acids is 1. The Morgan fingerprint density at radius 2 is 1.84 bits per heavy atom. The molecule has 0 aliphatic carbocycles. The lowest BCUT2D eigenvalue weighted by atomic mass is 9.86. The highest BCUT2D eigenvalue weighted by Crippen LogP contribution is 2.40. The average Bonchev–Trinajstić information content (AvgIpc) is 2.80. The molecule has 164 valence electrons. The Balaban J connectivity index is 1.50. The molecule has 0 saturated heterocycles. The minimum absolute atomic E-state index is 0.131. The summed E-state index contributed by atoms with van der Waals surface area (Å²) in [5, 5.41) is 3.46. The molecule has 32 heavy (non-hydrogen) atoms. The molecule has 2 aromatic carbocycles. The van der Waals surface area contributed by atoms with Gasteiger partial charge in [0.15, 0.2) is 16.7 Å². The summed E-state index contributed by atoms with van der Waals surface area (Å²) in [5.41, 5.74) is 3.37. The first-order valence-electron chi connectivity index (χ1n) is 10.5. The fraction of sp³-hybridized carbons (Fsp3) is 0.292. The van der Waals surface area contributed by atoms with Crippen LogP contribution in [-0.4, -0.2) is 28.7 Å². The number of aryl methyl sites for hydroxylation is 1. The topological polar surface area (TPSA) is 82.5 Å². The summed E-state index contributed by atoms with van der Waals surface area (Å²) in [6, 6.07) is 13.8. The lowest BCUT2D eigenvalue weighted by Gasteiger charge is -2.28. The molecule has 3 heterocycles. The summed E-state index contributed by atoms with van der Waals surface area (Å²) in [6.07, 6.45) is 0.180. The van der Waals surface area contributed by atoms with Crippen LogP contribution in [0.1, 0.15) is 34.6 Å². The van der Waals surface area contributed by atoms with Crippen molar-refractivity contribution in [1.29, 1.82) is 0 Å². The van der Waals surface area contributed by atoms with Crippen molar-refractivity contribution in [3.63, 3.8) is 0 Å². The van der Waals surface area contributed by atoms with Gasteiger partial charge < -0.3 is 19.4 Å². The van der Waals surface area contributed by atoms with Gasteiger partial charge in [-0.3, -0.25) is 9.59 Å². The highest BCUT2D eigenvalue weighted by molar-refractivity contribution is 7.98. The van der Waals surface area contributed by atoms with E-state index in [-0.39, 0.29) is 17.9 Å². The third-order valence-electron chi connectivity index (χ3n) is 5.76. The Morgan fingerprint density at radius 1 is 1.09 bits per heavy atom. The number of thioether (sulfide) groups is 1. The number of fused-ring (bicyclic) bond motifs is 2. The quantitative estimate of drug-likeness (QED) is 0.484. The van der Waals surface area contributed by atoms with Gasteiger partial charge in [-0.2, -0.15) is 4.98 Å². The molecule has 1 N–H and O–H groups in total. The second kappa shape index (κ2) is 8.35. The molecule has 2 aliphatic rings.